The minimum absolute atomic E-state index is 0.0705. The van der Waals surface area contributed by atoms with Gasteiger partial charge in [0.15, 0.2) is 0 Å². The van der Waals surface area contributed by atoms with Crippen LogP contribution in [0.4, 0.5) is 13.2 Å². The predicted molar refractivity (Wildman–Crippen MR) is 56.4 cm³/mol. The van der Waals surface area contributed by atoms with Crippen molar-refractivity contribution in [1.82, 2.24) is 0 Å². The first-order chi connectivity index (χ1) is 8.28. The molecule has 1 aromatic rings. The van der Waals surface area contributed by atoms with Gasteiger partial charge in [-0.15, -0.1) is 25.8 Å². The minimum Gasteiger partial charge on any atom is -0.465 e. The van der Waals surface area contributed by atoms with Crippen molar-refractivity contribution in [3.63, 3.8) is 0 Å². The summed E-state index contributed by atoms with van der Waals surface area (Å²) in [7, 11) is 1.05. The van der Waals surface area contributed by atoms with Crippen LogP contribution in [-0.4, -0.2) is 19.4 Å². The molecule has 0 N–H and O–H groups in total. The number of nitrogens with zero attached hydrogens (tertiary/aromatic N) is 1. The zero-order valence-electron chi connectivity index (χ0n) is 8.91. The largest absolute Gasteiger partial charge is 0.573 e. The maximum atomic E-state index is 12.1. The van der Waals surface area contributed by atoms with E-state index in [0.717, 1.165) is 19.2 Å². The number of halogens is 3. The van der Waals surface area contributed by atoms with Crippen LogP contribution in [0.1, 0.15) is 15.9 Å². The molecule has 0 aromatic heterocycles. The standard InChI is InChI=1S/C10H6F3NO3S/c1-16-9(15)7-3-6(17-10(11,12)13)2-5(4-14)8(7)18/h2-3,18H,1H3. The zero-order valence-corrected chi connectivity index (χ0v) is 9.80. The Morgan fingerprint density at radius 1 is 1.44 bits per heavy atom. The van der Waals surface area contributed by atoms with E-state index in [2.05, 4.69) is 22.1 Å². The van der Waals surface area contributed by atoms with Gasteiger partial charge in [0.05, 0.1) is 18.2 Å². The topological polar surface area (TPSA) is 59.3 Å². The van der Waals surface area contributed by atoms with E-state index in [9.17, 15) is 18.0 Å². The Morgan fingerprint density at radius 2 is 2.06 bits per heavy atom. The van der Waals surface area contributed by atoms with E-state index >= 15 is 0 Å². The number of carbonyl (C=O) groups excluding carboxylic acids is 1. The number of nitriles is 1. The lowest BCUT2D eigenvalue weighted by molar-refractivity contribution is -0.274. The molecule has 0 fully saturated rings. The first-order valence-corrected chi connectivity index (χ1v) is 4.84. The van der Waals surface area contributed by atoms with Gasteiger partial charge in [0.2, 0.25) is 0 Å². The van der Waals surface area contributed by atoms with Crippen molar-refractivity contribution in [2.75, 3.05) is 7.11 Å². The molecule has 0 unspecified atom stereocenters. The summed E-state index contributed by atoms with van der Waals surface area (Å²) in [5.74, 6) is -1.60. The zero-order chi connectivity index (χ0) is 13.9. The van der Waals surface area contributed by atoms with Crippen molar-refractivity contribution in [3.8, 4) is 11.8 Å². The minimum atomic E-state index is -4.92. The number of rotatable bonds is 2. The summed E-state index contributed by atoms with van der Waals surface area (Å²) in [6.07, 6.45) is -4.92. The van der Waals surface area contributed by atoms with Gasteiger partial charge in [-0.3, -0.25) is 0 Å². The van der Waals surface area contributed by atoms with Gasteiger partial charge in [0.25, 0.3) is 0 Å². The monoisotopic (exact) mass is 277 g/mol. The highest BCUT2D eigenvalue weighted by atomic mass is 32.1. The fraction of sp³-hybridized carbons (Fsp3) is 0.200. The number of thiol groups is 1. The van der Waals surface area contributed by atoms with Crippen LogP contribution in [0.2, 0.25) is 0 Å². The number of methoxy groups -OCH3 is 1. The molecule has 0 aliphatic rings. The van der Waals surface area contributed by atoms with Crippen LogP contribution in [0.15, 0.2) is 17.0 Å². The molecule has 18 heavy (non-hydrogen) atoms. The summed E-state index contributed by atoms with van der Waals surface area (Å²) in [5.41, 5.74) is -0.500. The van der Waals surface area contributed by atoms with Gasteiger partial charge in [0, 0.05) is 4.90 Å². The number of ether oxygens (including phenoxy) is 2. The third-order valence-corrected chi connectivity index (χ3v) is 2.32. The van der Waals surface area contributed by atoms with Crippen LogP contribution in [0.25, 0.3) is 0 Å². The lowest BCUT2D eigenvalue weighted by atomic mass is 10.1. The SMILES string of the molecule is COC(=O)c1cc(OC(F)(F)F)cc(C#N)c1S. The third kappa shape index (κ3) is 3.30. The Morgan fingerprint density at radius 3 is 2.50 bits per heavy atom. The van der Waals surface area contributed by atoms with Gasteiger partial charge in [-0.2, -0.15) is 5.26 Å². The van der Waals surface area contributed by atoms with Gasteiger partial charge < -0.3 is 9.47 Å². The van der Waals surface area contributed by atoms with Gasteiger partial charge >= 0.3 is 12.3 Å². The number of carbonyl (C=O) groups is 1. The Balaban J connectivity index is 3.32. The van der Waals surface area contributed by atoms with Crippen molar-refractivity contribution < 1.29 is 27.4 Å². The molecule has 0 aliphatic carbocycles. The lowest BCUT2D eigenvalue weighted by Gasteiger charge is -2.11. The molecule has 0 radical (unpaired) electrons. The molecule has 0 atom stereocenters. The van der Waals surface area contributed by atoms with Crippen LogP contribution in [0.5, 0.6) is 5.75 Å². The first kappa shape index (κ1) is 14.2. The smallest absolute Gasteiger partial charge is 0.465 e. The maximum absolute atomic E-state index is 12.1. The highest BCUT2D eigenvalue weighted by Crippen LogP contribution is 2.29. The third-order valence-electron chi connectivity index (χ3n) is 1.84. The maximum Gasteiger partial charge on any atom is 0.573 e. The molecule has 0 spiro atoms. The molecule has 0 aliphatic heterocycles. The van der Waals surface area contributed by atoms with Crippen molar-refractivity contribution in [2.24, 2.45) is 0 Å². The van der Waals surface area contributed by atoms with Crippen molar-refractivity contribution >= 4 is 18.6 Å². The average molecular weight is 277 g/mol. The Kier molecular flexibility index (Phi) is 4.08. The highest BCUT2D eigenvalue weighted by Gasteiger charge is 2.32. The Labute approximate surface area is 105 Å². The van der Waals surface area contributed by atoms with Crippen LogP contribution in [0.3, 0.4) is 0 Å². The molecule has 1 rings (SSSR count). The summed E-state index contributed by atoms with van der Waals surface area (Å²) >= 11 is 3.88. The lowest BCUT2D eigenvalue weighted by Crippen LogP contribution is -2.18. The summed E-state index contributed by atoms with van der Waals surface area (Å²) < 4.78 is 44.2. The number of hydrogen-bond acceptors (Lipinski definition) is 5. The molecule has 96 valence electrons. The first-order valence-electron chi connectivity index (χ1n) is 4.39. The van der Waals surface area contributed by atoms with Crippen molar-refractivity contribution in [3.05, 3.63) is 23.3 Å². The van der Waals surface area contributed by atoms with Gasteiger partial charge in [-0.25, -0.2) is 4.79 Å². The highest BCUT2D eigenvalue weighted by molar-refractivity contribution is 7.80. The predicted octanol–water partition coefficient (Wildman–Crippen LogP) is 2.53. The van der Waals surface area contributed by atoms with Gasteiger partial charge in [-0.05, 0) is 12.1 Å². The second kappa shape index (κ2) is 5.18. The molecule has 8 heteroatoms. The summed E-state index contributed by atoms with van der Waals surface area (Å²) in [6, 6.07) is 3.25. The molecular formula is C10H6F3NO3S. The molecule has 0 heterocycles. The van der Waals surface area contributed by atoms with E-state index in [-0.39, 0.29) is 16.0 Å². The van der Waals surface area contributed by atoms with Crippen LogP contribution < -0.4 is 4.74 Å². The molecule has 0 bridgehead atoms. The van der Waals surface area contributed by atoms with Crippen LogP contribution in [-0.2, 0) is 4.74 Å². The molecule has 4 nitrogen and oxygen atoms in total. The second-order valence-electron chi connectivity index (χ2n) is 3.02. The van der Waals surface area contributed by atoms with E-state index in [1.54, 1.807) is 6.07 Å². The molecule has 1 aromatic carbocycles. The normalized spacial score (nSPS) is 10.7. The van der Waals surface area contributed by atoms with Crippen molar-refractivity contribution in [2.45, 2.75) is 11.3 Å². The Hall–Kier alpha value is -1.88. The number of hydrogen-bond donors (Lipinski definition) is 1. The molecular weight excluding hydrogens is 271 g/mol. The average Bonchev–Trinajstić information content (AvgIpc) is 2.28. The number of esters is 1. The van der Waals surface area contributed by atoms with E-state index in [1.165, 1.54) is 0 Å². The van der Waals surface area contributed by atoms with Crippen LogP contribution in [0, 0.1) is 11.3 Å². The summed E-state index contributed by atoms with van der Waals surface area (Å²) in [5, 5.41) is 8.73. The van der Waals surface area contributed by atoms with E-state index in [1.807, 2.05) is 0 Å². The van der Waals surface area contributed by atoms with Gasteiger partial charge in [0.1, 0.15) is 11.8 Å². The van der Waals surface area contributed by atoms with E-state index in [0.29, 0.717) is 0 Å². The molecule has 0 saturated carbocycles. The molecule has 0 amide bonds. The summed E-state index contributed by atoms with van der Waals surface area (Å²) in [6.45, 7) is 0. The van der Waals surface area contributed by atoms with E-state index < -0.39 is 18.1 Å². The fourth-order valence-corrected chi connectivity index (χ4v) is 1.42. The number of alkyl halides is 3. The van der Waals surface area contributed by atoms with E-state index in [4.69, 9.17) is 5.26 Å². The molecule has 0 saturated heterocycles. The second-order valence-corrected chi connectivity index (χ2v) is 3.47. The Bertz CT molecular complexity index is 522. The summed E-state index contributed by atoms with van der Waals surface area (Å²) in [4.78, 5) is 11.2. The van der Waals surface area contributed by atoms with Gasteiger partial charge in [-0.1, -0.05) is 0 Å². The van der Waals surface area contributed by atoms with Crippen LogP contribution >= 0.6 is 12.6 Å². The fourth-order valence-electron chi connectivity index (χ4n) is 1.15. The van der Waals surface area contributed by atoms with Crippen molar-refractivity contribution in [1.29, 1.82) is 5.26 Å². The quantitative estimate of drug-likeness (QED) is 0.666. The number of benzene rings is 1.